The second-order valence-electron chi connectivity index (χ2n) is 13.0. The molecule has 3 aromatic carbocycles. The first kappa shape index (κ1) is 35.3. The van der Waals surface area contributed by atoms with Gasteiger partial charge in [-0.05, 0) is 86.5 Å². The molecular formula is C39H48ClN7O3. The Morgan fingerprint density at radius 2 is 1.68 bits per heavy atom. The van der Waals surface area contributed by atoms with Crippen molar-refractivity contribution >= 4 is 41.2 Å². The van der Waals surface area contributed by atoms with Crippen LogP contribution in [0.5, 0.6) is 5.75 Å². The fourth-order valence-corrected chi connectivity index (χ4v) is 6.86. The summed E-state index contributed by atoms with van der Waals surface area (Å²) in [7, 11) is 1.86. The Morgan fingerprint density at radius 3 is 2.30 bits per heavy atom. The normalized spacial score (nSPS) is 21.4. The monoisotopic (exact) mass is 697 g/mol. The maximum atomic E-state index is 6.69. The second kappa shape index (κ2) is 15.6. The fraction of sp³-hybridized carbons (Fsp3) is 0.385. The van der Waals surface area contributed by atoms with Crippen LogP contribution in [-0.4, -0.2) is 87.7 Å². The quantitative estimate of drug-likeness (QED) is 0.139. The standard InChI is InChI=1S/C39H48ClN7O3/c1-7-19-41-43(6)27-39(37-18-9-29(3)24-38(37)40)49-26-36(50-39)25-48-35-16-14-33(15-17-35)45-22-20-44(21-23-45)32-10-12-34(13-11-32)46-28-42-47(31(46)5)30(4)8-2/h7,9-19,24,28,30,36H,1,5,8,20-23,25-27H2,2-4,6H3/b41-19-. The van der Waals surface area contributed by atoms with Gasteiger partial charge in [-0.2, -0.15) is 10.2 Å². The van der Waals surface area contributed by atoms with Gasteiger partial charge in [-0.1, -0.05) is 43.8 Å². The number of piperazine rings is 1. The molecule has 11 heteroatoms. The van der Waals surface area contributed by atoms with Crippen molar-refractivity contribution in [3.05, 3.63) is 108 Å². The number of hydrazone groups is 2. The molecule has 50 heavy (non-hydrogen) atoms. The van der Waals surface area contributed by atoms with E-state index in [-0.39, 0.29) is 6.10 Å². The molecule has 3 aliphatic heterocycles. The van der Waals surface area contributed by atoms with Gasteiger partial charge < -0.3 is 24.0 Å². The van der Waals surface area contributed by atoms with E-state index in [1.54, 1.807) is 17.3 Å². The average molecular weight is 698 g/mol. The largest absolute Gasteiger partial charge is 0.491 e. The van der Waals surface area contributed by atoms with E-state index in [0.717, 1.165) is 61.0 Å². The van der Waals surface area contributed by atoms with Crippen molar-refractivity contribution in [2.24, 2.45) is 10.2 Å². The van der Waals surface area contributed by atoms with Crippen LogP contribution in [0.15, 0.2) is 102 Å². The zero-order valence-electron chi connectivity index (χ0n) is 29.5. The summed E-state index contributed by atoms with van der Waals surface area (Å²) in [5.74, 6) is 0.595. The molecule has 3 atom stereocenters. The topological polar surface area (TPSA) is 68.6 Å². The van der Waals surface area contributed by atoms with E-state index >= 15 is 0 Å². The molecule has 6 rings (SSSR count). The van der Waals surface area contributed by atoms with Gasteiger partial charge in [0.05, 0.1) is 19.2 Å². The van der Waals surface area contributed by atoms with E-state index in [2.05, 4.69) is 83.4 Å². The lowest BCUT2D eigenvalue weighted by Crippen LogP contribution is -2.46. The lowest BCUT2D eigenvalue weighted by atomic mass is 10.0. The van der Waals surface area contributed by atoms with Crippen molar-refractivity contribution in [1.82, 2.24) is 10.0 Å². The van der Waals surface area contributed by atoms with Crippen LogP contribution in [0.2, 0.25) is 5.02 Å². The van der Waals surface area contributed by atoms with Gasteiger partial charge in [0.25, 0.3) is 0 Å². The summed E-state index contributed by atoms with van der Waals surface area (Å²) < 4.78 is 19.1. The smallest absolute Gasteiger partial charge is 0.216 e. The van der Waals surface area contributed by atoms with E-state index in [9.17, 15) is 0 Å². The first-order valence-corrected chi connectivity index (χ1v) is 17.7. The summed E-state index contributed by atoms with van der Waals surface area (Å²) in [6, 6.07) is 23.2. The summed E-state index contributed by atoms with van der Waals surface area (Å²) in [4.78, 5) is 6.90. The molecule has 0 aromatic heterocycles. The molecule has 0 aliphatic carbocycles. The number of hydrogen-bond donors (Lipinski definition) is 0. The van der Waals surface area contributed by atoms with Crippen LogP contribution in [0.25, 0.3) is 0 Å². The van der Waals surface area contributed by atoms with Gasteiger partial charge in [0, 0.05) is 67.1 Å². The average Bonchev–Trinajstić information content (AvgIpc) is 3.73. The van der Waals surface area contributed by atoms with Gasteiger partial charge in [0.15, 0.2) is 0 Å². The number of benzene rings is 3. The zero-order chi connectivity index (χ0) is 35.3. The van der Waals surface area contributed by atoms with Crippen LogP contribution >= 0.6 is 11.6 Å². The molecule has 0 saturated carbocycles. The van der Waals surface area contributed by atoms with E-state index in [1.165, 1.54) is 11.4 Å². The number of nitrogens with zero attached hydrogens (tertiary/aromatic N) is 7. The molecule has 0 spiro atoms. The molecule has 10 nitrogen and oxygen atoms in total. The number of rotatable bonds is 13. The minimum Gasteiger partial charge on any atom is -0.491 e. The van der Waals surface area contributed by atoms with Crippen LogP contribution in [0.4, 0.5) is 17.1 Å². The van der Waals surface area contributed by atoms with E-state index in [0.29, 0.717) is 30.8 Å². The Hall–Kier alpha value is -4.51. The van der Waals surface area contributed by atoms with E-state index in [4.69, 9.17) is 25.8 Å². The molecule has 2 fully saturated rings. The maximum absolute atomic E-state index is 6.69. The first-order chi connectivity index (χ1) is 24.2. The lowest BCUT2D eigenvalue weighted by molar-refractivity contribution is -0.189. The number of ether oxygens (including phenoxy) is 3. The van der Waals surface area contributed by atoms with Crippen LogP contribution in [0.3, 0.4) is 0 Å². The Morgan fingerprint density at radius 1 is 1.04 bits per heavy atom. The summed E-state index contributed by atoms with van der Waals surface area (Å²) in [5, 5.41) is 13.3. The van der Waals surface area contributed by atoms with Crippen LogP contribution in [-0.2, 0) is 15.3 Å². The van der Waals surface area contributed by atoms with E-state index < -0.39 is 5.79 Å². The molecule has 0 amide bonds. The molecule has 2 saturated heterocycles. The summed E-state index contributed by atoms with van der Waals surface area (Å²) in [5.41, 5.74) is 5.31. The van der Waals surface area contributed by atoms with Crippen LogP contribution in [0.1, 0.15) is 31.4 Å². The number of anilines is 3. The molecule has 0 N–H and O–H groups in total. The van der Waals surface area contributed by atoms with Crippen molar-refractivity contribution < 1.29 is 14.2 Å². The zero-order valence-corrected chi connectivity index (χ0v) is 30.3. The van der Waals surface area contributed by atoms with Crippen molar-refractivity contribution in [3.63, 3.8) is 0 Å². The Balaban J connectivity index is 1.00. The molecular weight excluding hydrogens is 650 g/mol. The number of allylic oxidation sites excluding steroid dienone is 1. The van der Waals surface area contributed by atoms with Gasteiger partial charge in [-0.25, -0.2) is 5.01 Å². The second-order valence-corrected chi connectivity index (χ2v) is 13.4. The third kappa shape index (κ3) is 7.78. The van der Waals surface area contributed by atoms with Gasteiger partial charge >= 0.3 is 0 Å². The predicted octanol–water partition coefficient (Wildman–Crippen LogP) is 7.06. The Bertz CT molecular complexity index is 1690. The number of likely N-dealkylation sites (N-methyl/N-ethyl adjacent to an activating group) is 1. The lowest BCUT2D eigenvalue weighted by Gasteiger charge is -2.37. The third-order valence-electron chi connectivity index (χ3n) is 9.45. The predicted molar refractivity (Wildman–Crippen MR) is 205 cm³/mol. The summed E-state index contributed by atoms with van der Waals surface area (Å²) >= 11 is 6.69. The van der Waals surface area contributed by atoms with Gasteiger partial charge in [0.1, 0.15) is 30.6 Å². The van der Waals surface area contributed by atoms with Gasteiger partial charge in [0.2, 0.25) is 5.79 Å². The molecule has 3 aromatic rings. The minimum atomic E-state index is -1.08. The van der Waals surface area contributed by atoms with Gasteiger partial charge in [-0.3, -0.25) is 9.91 Å². The number of hydrogen-bond acceptors (Lipinski definition) is 10. The highest BCUT2D eigenvalue weighted by molar-refractivity contribution is 6.31. The highest BCUT2D eigenvalue weighted by Gasteiger charge is 2.46. The number of halogens is 1. The minimum absolute atomic E-state index is 0.285. The SMILES string of the molecule is C=C/C=N\N(C)CC1(c2ccc(C)cc2Cl)OCC(COc2ccc(N3CCN(c4ccc(N5C=NN(C(C)CC)C5=C)cc4)CC3)cc2)O1. The fourth-order valence-electron chi connectivity index (χ4n) is 6.49. The van der Waals surface area contributed by atoms with Crippen molar-refractivity contribution in [1.29, 1.82) is 0 Å². The summed E-state index contributed by atoms with van der Waals surface area (Å²) in [6.07, 6.45) is 5.84. The van der Waals surface area contributed by atoms with Crippen molar-refractivity contribution in [2.75, 3.05) is 67.7 Å². The highest BCUT2D eigenvalue weighted by atomic mass is 35.5. The summed E-state index contributed by atoms with van der Waals surface area (Å²) in [6.45, 7) is 19.1. The molecule has 3 aliphatic rings. The Labute approximate surface area is 301 Å². The maximum Gasteiger partial charge on any atom is 0.216 e. The molecule has 0 bridgehead atoms. The molecule has 264 valence electrons. The highest BCUT2D eigenvalue weighted by Crippen LogP contribution is 2.39. The van der Waals surface area contributed by atoms with Crippen molar-refractivity contribution in [3.8, 4) is 5.75 Å². The first-order valence-electron chi connectivity index (χ1n) is 17.3. The molecule has 3 heterocycles. The molecule has 0 radical (unpaired) electrons. The number of aryl methyl sites for hydroxylation is 1. The van der Waals surface area contributed by atoms with Crippen molar-refractivity contribution in [2.45, 2.75) is 45.1 Å². The Kier molecular flexibility index (Phi) is 11.0. The van der Waals surface area contributed by atoms with Crippen LogP contribution < -0.4 is 19.4 Å². The van der Waals surface area contributed by atoms with Gasteiger partial charge in [-0.15, -0.1) is 0 Å². The third-order valence-corrected chi connectivity index (χ3v) is 9.77. The molecule has 3 unspecified atom stereocenters. The van der Waals surface area contributed by atoms with E-state index in [1.807, 2.05) is 60.6 Å². The van der Waals surface area contributed by atoms with Crippen LogP contribution in [0, 0.1) is 6.92 Å².